The third kappa shape index (κ3) is 7.11. The Morgan fingerprint density at radius 2 is 0.944 bits per heavy atom. The average molecular weight is 927 g/mol. The molecule has 3 aromatic heterocycles. The number of hydrogen-bond donors (Lipinski definition) is 0. The van der Waals surface area contributed by atoms with Crippen molar-refractivity contribution in [1.82, 2.24) is 19.5 Å². The van der Waals surface area contributed by atoms with Gasteiger partial charge in [0.25, 0.3) is 0 Å². The number of fused-ring (bicyclic) bond motifs is 10. The summed E-state index contributed by atoms with van der Waals surface area (Å²) in [5.41, 5.74) is 17.7. The van der Waals surface area contributed by atoms with E-state index >= 15 is 0 Å². The van der Waals surface area contributed by atoms with Crippen LogP contribution in [-0.4, -0.2) is 19.5 Å². The van der Waals surface area contributed by atoms with Gasteiger partial charge in [-0.25, -0.2) is 4.98 Å². The Hall–Kier alpha value is -8.93. The molecule has 0 aliphatic heterocycles. The highest BCUT2D eigenvalue weighted by atomic mass is 16.3. The van der Waals surface area contributed by atoms with E-state index in [-0.39, 0.29) is 5.41 Å². The van der Waals surface area contributed by atoms with Gasteiger partial charge >= 0.3 is 0 Å². The maximum absolute atomic E-state index is 6.38. The van der Waals surface area contributed by atoms with Crippen LogP contribution in [0.25, 0.3) is 128 Å². The molecule has 0 atom stereocenters. The Bertz CT molecular complexity index is 4250. The van der Waals surface area contributed by atoms with Crippen LogP contribution in [0.15, 0.2) is 223 Å². The molecule has 0 unspecified atom stereocenters. The van der Waals surface area contributed by atoms with Gasteiger partial charge in [-0.05, 0) is 109 Å². The molecule has 0 saturated carbocycles. The van der Waals surface area contributed by atoms with Crippen LogP contribution >= 0.6 is 0 Å². The number of para-hydroxylation sites is 2. The summed E-state index contributed by atoms with van der Waals surface area (Å²) < 4.78 is 8.64. The van der Waals surface area contributed by atoms with Crippen LogP contribution in [0.2, 0.25) is 0 Å². The molecule has 0 radical (unpaired) electrons. The van der Waals surface area contributed by atoms with Gasteiger partial charge in [-0.15, -0.1) is 0 Å². The molecule has 13 aromatic rings. The molecule has 1 aliphatic rings. The highest BCUT2D eigenvalue weighted by Crippen LogP contribution is 2.50. The van der Waals surface area contributed by atoms with Crippen molar-refractivity contribution in [3.63, 3.8) is 0 Å². The van der Waals surface area contributed by atoms with E-state index in [0.717, 1.165) is 82.5 Å². The summed E-state index contributed by atoms with van der Waals surface area (Å²) in [6.45, 7) is 8.92. The zero-order valence-corrected chi connectivity index (χ0v) is 40.7. The van der Waals surface area contributed by atoms with Gasteiger partial charge in [-0.3, -0.25) is 4.57 Å². The summed E-state index contributed by atoms with van der Waals surface area (Å²) in [7, 11) is 0. The standard InChI is InChI=1S/C64H42N4O.C3H8/c1-64(2)55-27-10-8-23-49(55)53-35-45(30-32-56(53)64)41-20-12-19-40(33-41)42-21-13-22-46(34-42)48-25-14-26-52-54-36-43-17-6-7-18-44(43)37-57(54)68(60(48)52)63-66-61(39-15-4-3-5-16-39)65-62(67-63)47-29-31-51-50-24-9-11-28-58(50)69-59(51)38-47;1-3-2/h3-38H,1-2H3;3H2,1-2H3. The molecule has 344 valence electrons. The number of aromatic nitrogens is 4. The molecule has 0 N–H and O–H groups in total. The summed E-state index contributed by atoms with van der Waals surface area (Å²) in [5, 5.41) is 6.69. The van der Waals surface area contributed by atoms with Gasteiger partial charge in [0, 0.05) is 43.7 Å². The number of hydrogen-bond acceptors (Lipinski definition) is 4. The third-order valence-electron chi connectivity index (χ3n) is 14.4. The van der Waals surface area contributed by atoms with Crippen molar-refractivity contribution in [2.24, 2.45) is 0 Å². The van der Waals surface area contributed by atoms with Crippen LogP contribution < -0.4 is 0 Å². The second-order valence-electron chi connectivity index (χ2n) is 19.5. The lowest BCUT2D eigenvalue weighted by Crippen LogP contribution is -2.14. The molecule has 10 aromatic carbocycles. The number of benzene rings is 10. The highest BCUT2D eigenvalue weighted by Gasteiger charge is 2.35. The molecule has 0 amide bonds. The van der Waals surface area contributed by atoms with Crippen molar-refractivity contribution < 1.29 is 4.42 Å². The van der Waals surface area contributed by atoms with Crippen LogP contribution in [0.1, 0.15) is 45.2 Å². The van der Waals surface area contributed by atoms with Gasteiger partial charge in [0.15, 0.2) is 11.6 Å². The fourth-order valence-corrected chi connectivity index (χ4v) is 11.0. The summed E-state index contributed by atoms with van der Waals surface area (Å²) in [6, 6.07) is 78.1. The average Bonchev–Trinajstić information content (AvgIpc) is 4.05. The summed E-state index contributed by atoms with van der Waals surface area (Å²) in [6.07, 6.45) is 1.25. The minimum Gasteiger partial charge on any atom is -0.456 e. The Labute approximate surface area is 418 Å². The summed E-state index contributed by atoms with van der Waals surface area (Å²) in [4.78, 5) is 15.9. The zero-order valence-electron chi connectivity index (χ0n) is 40.7. The normalized spacial score (nSPS) is 12.6. The first-order valence-electron chi connectivity index (χ1n) is 25.0. The molecule has 5 heteroatoms. The molecule has 14 rings (SSSR count). The SMILES string of the molecule is CC1(C)c2ccccc2-c2cc(-c3cccc(-c4cccc(-c5cccc6c7cc8ccccc8cc7n(-c7nc(-c8ccccc8)nc(-c8ccc9c(c8)oc8ccccc89)n7)c56)c4)c3)ccc21.CCC. The van der Waals surface area contributed by atoms with Gasteiger partial charge < -0.3 is 4.42 Å². The van der Waals surface area contributed by atoms with E-state index in [9.17, 15) is 0 Å². The molecule has 1 aliphatic carbocycles. The van der Waals surface area contributed by atoms with Crippen LogP contribution in [0.3, 0.4) is 0 Å². The maximum atomic E-state index is 6.38. The molecule has 0 bridgehead atoms. The minimum absolute atomic E-state index is 0.0318. The van der Waals surface area contributed by atoms with Gasteiger partial charge in [-0.1, -0.05) is 204 Å². The smallest absolute Gasteiger partial charge is 0.238 e. The van der Waals surface area contributed by atoms with Crippen LogP contribution in [-0.2, 0) is 5.41 Å². The molecular formula is C67H50N4O. The van der Waals surface area contributed by atoms with E-state index in [4.69, 9.17) is 19.4 Å². The van der Waals surface area contributed by atoms with Crippen LogP contribution in [0, 0.1) is 0 Å². The summed E-state index contributed by atoms with van der Waals surface area (Å²) in [5.74, 6) is 1.69. The Kier molecular flexibility index (Phi) is 10.3. The van der Waals surface area contributed by atoms with Crippen molar-refractivity contribution >= 4 is 54.5 Å². The van der Waals surface area contributed by atoms with E-state index in [1.54, 1.807) is 0 Å². The predicted octanol–water partition coefficient (Wildman–Crippen LogP) is 18.1. The largest absolute Gasteiger partial charge is 0.456 e. The van der Waals surface area contributed by atoms with Crippen molar-refractivity contribution in [2.75, 3.05) is 0 Å². The second kappa shape index (κ2) is 17.2. The van der Waals surface area contributed by atoms with Crippen molar-refractivity contribution in [3.05, 3.63) is 230 Å². The first-order chi connectivity index (χ1) is 35.3. The maximum Gasteiger partial charge on any atom is 0.238 e. The first-order valence-corrected chi connectivity index (χ1v) is 25.0. The first kappa shape index (κ1) is 43.1. The van der Waals surface area contributed by atoms with E-state index in [1.807, 2.05) is 36.4 Å². The van der Waals surface area contributed by atoms with Gasteiger partial charge in [0.05, 0.1) is 11.0 Å². The quantitative estimate of drug-likeness (QED) is 0.167. The monoisotopic (exact) mass is 926 g/mol. The summed E-state index contributed by atoms with van der Waals surface area (Å²) >= 11 is 0. The third-order valence-corrected chi connectivity index (χ3v) is 14.4. The van der Waals surface area contributed by atoms with Crippen LogP contribution in [0.4, 0.5) is 0 Å². The minimum atomic E-state index is -0.0318. The van der Waals surface area contributed by atoms with Gasteiger partial charge in [0.2, 0.25) is 5.95 Å². The van der Waals surface area contributed by atoms with Gasteiger partial charge in [-0.2, -0.15) is 9.97 Å². The topological polar surface area (TPSA) is 56.7 Å². The lowest BCUT2D eigenvalue weighted by molar-refractivity contribution is 0.660. The van der Waals surface area contributed by atoms with Crippen molar-refractivity contribution in [2.45, 2.75) is 39.5 Å². The Balaban J connectivity index is 0.00000164. The van der Waals surface area contributed by atoms with Crippen molar-refractivity contribution in [3.8, 4) is 73.2 Å². The van der Waals surface area contributed by atoms with E-state index in [2.05, 4.69) is 214 Å². The fourth-order valence-electron chi connectivity index (χ4n) is 11.0. The number of rotatable bonds is 6. The molecule has 0 fully saturated rings. The molecule has 3 heterocycles. The lowest BCUT2D eigenvalue weighted by Gasteiger charge is -2.21. The number of nitrogens with zero attached hydrogens (tertiary/aromatic N) is 4. The van der Waals surface area contributed by atoms with Crippen molar-refractivity contribution in [1.29, 1.82) is 0 Å². The highest BCUT2D eigenvalue weighted by molar-refractivity contribution is 6.17. The Morgan fingerprint density at radius 1 is 0.389 bits per heavy atom. The zero-order chi connectivity index (χ0) is 48.5. The van der Waals surface area contributed by atoms with E-state index < -0.39 is 0 Å². The van der Waals surface area contributed by atoms with E-state index in [0.29, 0.717) is 17.6 Å². The molecule has 0 saturated heterocycles. The number of furan rings is 1. The Morgan fingerprint density at radius 3 is 1.74 bits per heavy atom. The lowest BCUT2D eigenvalue weighted by atomic mass is 9.82. The van der Waals surface area contributed by atoms with Crippen LogP contribution in [0.5, 0.6) is 0 Å². The van der Waals surface area contributed by atoms with Gasteiger partial charge in [0.1, 0.15) is 11.2 Å². The molecule has 5 nitrogen and oxygen atoms in total. The fraction of sp³-hybridized carbons (Fsp3) is 0.0896. The predicted molar refractivity (Wildman–Crippen MR) is 300 cm³/mol. The van der Waals surface area contributed by atoms with E-state index in [1.165, 1.54) is 45.2 Å². The molecule has 72 heavy (non-hydrogen) atoms. The molecule has 0 spiro atoms. The second-order valence-corrected chi connectivity index (χ2v) is 19.5. The molecular weight excluding hydrogens is 877 g/mol.